The monoisotopic (exact) mass is 482 g/mol. The van der Waals surface area contributed by atoms with Gasteiger partial charge in [0.15, 0.2) is 5.69 Å². The van der Waals surface area contributed by atoms with Crippen LogP contribution in [-0.2, 0) is 16.1 Å². The maximum Gasteiger partial charge on any atom is 0.358 e. The highest BCUT2D eigenvalue weighted by Crippen LogP contribution is 2.35. The number of hydrogen-bond donors (Lipinski definition) is 1. The molecule has 1 aliphatic heterocycles. The summed E-state index contributed by atoms with van der Waals surface area (Å²) in [5, 5.41) is 7.55. The molecule has 1 atom stereocenters. The molecule has 2 aliphatic rings. The number of aromatic nitrogens is 2. The van der Waals surface area contributed by atoms with Crippen LogP contribution in [0.2, 0.25) is 0 Å². The van der Waals surface area contributed by atoms with E-state index in [1.807, 2.05) is 0 Å². The van der Waals surface area contributed by atoms with E-state index in [0.717, 1.165) is 25.7 Å². The molecule has 0 saturated heterocycles. The minimum atomic E-state index is -1.27. The van der Waals surface area contributed by atoms with Gasteiger partial charge in [-0.2, -0.15) is 5.10 Å². The van der Waals surface area contributed by atoms with E-state index < -0.39 is 17.4 Å². The van der Waals surface area contributed by atoms with Crippen LogP contribution in [0.3, 0.4) is 0 Å². The number of esters is 1. The predicted octanol–water partition coefficient (Wildman–Crippen LogP) is 3.72. The van der Waals surface area contributed by atoms with Crippen LogP contribution in [0.4, 0.5) is 5.69 Å². The van der Waals surface area contributed by atoms with Gasteiger partial charge in [0.1, 0.15) is 17.0 Å². The lowest BCUT2D eigenvalue weighted by Gasteiger charge is -2.43. The van der Waals surface area contributed by atoms with Crippen LogP contribution in [0.1, 0.15) is 79.8 Å². The third-order valence-electron chi connectivity index (χ3n) is 6.88. The average Bonchev–Trinajstić information content (AvgIpc) is 3.25. The van der Waals surface area contributed by atoms with E-state index in [0.29, 0.717) is 11.4 Å². The molecular weight excluding hydrogens is 448 g/mol. The summed E-state index contributed by atoms with van der Waals surface area (Å²) in [6.45, 7) is 3.76. The minimum absolute atomic E-state index is 0.0467. The van der Waals surface area contributed by atoms with Crippen LogP contribution in [-0.4, -0.2) is 52.9 Å². The number of carbonyl (C=O) groups is 3. The van der Waals surface area contributed by atoms with Crippen molar-refractivity contribution in [1.29, 1.82) is 0 Å². The maximum absolute atomic E-state index is 13.9. The summed E-state index contributed by atoms with van der Waals surface area (Å²) in [6, 6.07) is 8.57. The molecule has 1 fully saturated rings. The van der Waals surface area contributed by atoms with Gasteiger partial charge < -0.3 is 14.8 Å². The number of nitrogens with zero attached hydrogens (tertiary/aromatic N) is 3. The SMILES string of the molecule is CCOC(=O)c1cc2n(n1)C[C@](C)(C(=O)NC1CCCCCCC1)N(c1cccc(OC)c1)C2=O. The lowest BCUT2D eigenvalue weighted by atomic mass is 9.91. The Kier molecular flexibility index (Phi) is 7.42. The van der Waals surface area contributed by atoms with Gasteiger partial charge in [-0.15, -0.1) is 0 Å². The fraction of sp³-hybridized carbons (Fsp3) is 0.538. The van der Waals surface area contributed by atoms with Gasteiger partial charge in [-0.05, 0) is 38.8 Å². The molecule has 35 heavy (non-hydrogen) atoms. The molecule has 1 aliphatic carbocycles. The van der Waals surface area contributed by atoms with Gasteiger partial charge >= 0.3 is 5.97 Å². The zero-order valence-corrected chi connectivity index (χ0v) is 20.7. The number of rotatable bonds is 6. The maximum atomic E-state index is 13.9. The smallest absolute Gasteiger partial charge is 0.358 e. The molecule has 2 aromatic rings. The summed E-state index contributed by atoms with van der Waals surface area (Å²) in [5.41, 5.74) is -0.455. The van der Waals surface area contributed by atoms with Crippen molar-refractivity contribution in [3.63, 3.8) is 0 Å². The number of carbonyl (C=O) groups excluding carboxylic acids is 3. The lowest BCUT2D eigenvalue weighted by Crippen LogP contribution is -2.65. The number of amides is 2. The molecule has 0 unspecified atom stereocenters. The Morgan fingerprint density at radius 1 is 1.14 bits per heavy atom. The second kappa shape index (κ2) is 10.5. The second-order valence-corrected chi connectivity index (χ2v) is 9.42. The summed E-state index contributed by atoms with van der Waals surface area (Å²) >= 11 is 0. The van der Waals surface area contributed by atoms with E-state index in [-0.39, 0.29) is 36.5 Å². The van der Waals surface area contributed by atoms with Gasteiger partial charge in [-0.1, -0.05) is 38.2 Å². The predicted molar refractivity (Wildman–Crippen MR) is 131 cm³/mol. The first kappa shape index (κ1) is 24.8. The number of methoxy groups -OCH3 is 1. The van der Waals surface area contributed by atoms with E-state index in [1.54, 1.807) is 45.2 Å². The normalized spacial score (nSPS) is 21.0. The van der Waals surface area contributed by atoms with Crippen molar-refractivity contribution in [2.75, 3.05) is 18.6 Å². The first-order valence-electron chi connectivity index (χ1n) is 12.4. The zero-order chi connectivity index (χ0) is 25.0. The molecule has 0 radical (unpaired) electrons. The van der Waals surface area contributed by atoms with E-state index >= 15 is 0 Å². The van der Waals surface area contributed by atoms with Gasteiger partial charge in [0.05, 0.1) is 20.3 Å². The Balaban J connectivity index is 1.72. The van der Waals surface area contributed by atoms with Crippen molar-refractivity contribution in [2.24, 2.45) is 0 Å². The van der Waals surface area contributed by atoms with Crippen molar-refractivity contribution in [3.8, 4) is 5.75 Å². The second-order valence-electron chi connectivity index (χ2n) is 9.42. The Morgan fingerprint density at radius 2 is 1.86 bits per heavy atom. The van der Waals surface area contributed by atoms with Gasteiger partial charge in [0, 0.05) is 23.9 Å². The average molecular weight is 483 g/mol. The topological polar surface area (TPSA) is 103 Å². The Morgan fingerprint density at radius 3 is 2.54 bits per heavy atom. The van der Waals surface area contributed by atoms with Gasteiger partial charge in [0.2, 0.25) is 5.91 Å². The minimum Gasteiger partial charge on any atom is -0.497 e. The number of ether oxygens (including phenoxy) is 2. The molecule has 2 heterocycles. The van der Waals surface area contributed by atoms with Crippen LogP contribution in [0, 0.1) is 0 Å². The van der Waals surface area contributed by atoms with E-state index in [1.165, 1.54) is 34.9 Å². The molecular formula is C26H34N4O5. The van der Waals surface area contributed by atoms with Gasteiger partial charge in [0.25, 0.3) is 5.91 Å². The number of benzene rings is 1. The largest absolute Gasteiger partial charge is 0.497 e. The van der Waals surface area contributed by atoms with Crippen molar-refractivity contribution in [1.82, 2.24) is 15.1 Å². The van der Waals surface area contributed by atoms with Crippen LogP contribution < -0.4 is 15.0 Å². The number of anilines is 1. The lowest BCUT2D eigenvalue weighted by molar-refractivity contribution is -0.127. The Labute approximate surface area is 205 Å². The molecule has 4 rings (SSSR count). The van der Waals surface area contributed by atoms with E-state index in [4.69, 9.17) is 9.47 Å². The van der Waals surface area contributed by atoms with E-state index in [9.17, 15) is 14.4 Å². The van der Waals surface area contributed by atoms with Gasteiger partial charge in [-0.25, -0.2) is 4.79 Å². The highest BCUT2D eigenvalue weighted by molar-refractivity contribution is 6.12. The van der Waals surface area contributed by atoms with Crippen LogP contribution in [0.25, 0.3) is 0 Å². The molecule has 1 saturated carbocycles. The summed E-state index contributed by atoms with van der Waals surface area (Å²) < 4.78 is 11.9. The van der Waals surface area contributed by atoms with Crippen LogP contribution >= 0.6 is 0 Å². The molecule has 0 bridgehead atoms. The zero-order valence-electron chi connectivity index (χ0n) is 20.7. The Bertz CT molecular complexity index is 1090. The third-order valence-corrected chi connectivity index (χ3v) is 6.88. The molecule has 188 valence electrons. The Hall–Kier alpha value is -3.36. The number of fused-ring (bicyclic) bond motifs is 1. The molecule has 1 N–H and O–H groups in total. The molecule has 0 spiro atoms. The molecule has 9 heteroatoms. The molecule has 2 amide bonds. The molecule has 1 aromatic heterocycles. The van der Waals surface area contributed by atoms with Crippen LogP contribution in [0.15, 0.2) is 30.3 Å². The number of nitrogens with one attached hydrogen (secondary N) is 1. The van der Waals surface area contributed by atoms with Crippen molar-refractivity contribution >= 4 is 23.5 Å². The fourth-order valence-corrected chi connectivity index (χ4v) is 4.98. The quantitative estimate of drug-likeness (QED) is 0.630. The summed E-state index contributed by atoms with van der Waals surface area (Å²) in [5.74, 6) is -0.680. The summed E-state index contributed by atoms with van der Waals surface area (Å²) in [7, 11) is 1.55. The third kappa shape index (κ3) is 5.04. The van der Waals surface area contributed by atoms with Crippen molar-refractivity contribution < 1.29 is 23.9 Å². The van der Waals surface area contributed by atoms with Crippen molar-refractivity contribution in [3.05, 3.63) is 41.7 Å². The summed E-state index contributed by atoms with van der Waals surface area (Å²) in [6.07, 6.45) is 7.58. The van der Waals surface area contributed by atoms with Crippen LogP contribution in [0.5, 0.6) is 5.75 Å². The standard InChI is InChI=1S/C26H34N4O5/c1-4-35-24(32)21-16-22-23(31)30(19-13-10-14-20(15-19)34-3)26(2,17-29(22)28-21)25(33)27-18-11-8-6-5-7-9-12-18/h10,13-16,18H,4-9,11-12,17H2,1-3H3,(H,27,33)/t26-/m1/s1. The van der Waals surface area contributed by atoms with Crippen molar-refractivity contribution in [2.45, 2.75) is 76.9 Å². The highest BCUT2D eigenvalue weighted by atomic mass is 16.5. The van der Waals surface area contributed by atoms with Gasteiger partial charge in [-0.3, -0.25) is 19.2 Å². The highest BCUT2D eigenvalue weighted by Gasteiger charge is 2.49. The first-order chi connectivity index (χ1) is 16.9. The molecule has 9 nitrogen and oxygen atoms in total. The summed E-state index contributed by atoms with van der Waals surface area (Å²) in [4.78, 5) is 41.5. The molecule has 1 aromatic carbocycles. The number of hydrogen-bond acceptors (Lipinski definition) is 6. The fourth-order valence-electron chi connectivity index (χ4n) is 4.98. The van der Waals surface area contributed by atoms with E-state index in [2.05, 4.69) is 10.4 Å². The first-order valence-corrected chi connectivity index (χ1v) is 12.4.